The van der Waals surface area contributed by atoms with Gasteiger partial charge in [-0.25, -0.2) is 4.57 Å². The van der Waals surface area contributed by atoms with Crippen LogP contribution in [0.5, 0.6) is 0 Å². The van der Waals surface area contributed by atoms with E-state index in [2.05, 4.69) is 61.0 Å². The molecule has 0 bridgehead atoms. The molecule has 2 heteroatoms. The number of aryl methyl sites for hydroxylation is 1. The molecule has 1 atom stereocenters. The highest BCUT2D eigenvalue weighted by atomic mass is 15.1. The van der Waals surface area contributed by atoms with Crippen LogP contribution in [-0.4, -0.2) is 18.5 Å². The lowest BCUT2D eigenvalue weighted by atomic mass is 10.1. The Morgan fingerprint density at radius 2 is 2.19 bits per heavy atom. The van der Waals surface area contributed by atoms with Crippen molar-refractivity contribution in [2.45, 2.75) is 65.0 Å². The predicted octanol–water partition coefficient (Wildman–Crippen LogP) is 4.27. The summed E-state index contributed by atoms with van der Waals surface area (Å²) < 4.78 is 2.38. The SMILES string of the molecule is CC(C)=CCCCCC[n+]1cccc([C@@H]2CCCN2C)c1. The van der Waals surface area contributed by atoms with Crippen molar-refractivity contribution >= 4 is 0 Å². The number of allylic oxidation sites excluding steroid dienone is 2. The molecule has 0 saturated carbocycles. The number of nitrogens with zero attached hydrogens (tertiary/aromatic N) is 2. The van der Waals surface area contributed by atoms with E-state index < -0.39 is 0 Å². The molecular formula is C19H31N2+. The van der Waals surface area contributed by atoms with Gasteiger partial charge in [0.25, 0.3) is 0 Å². The van der Waals surface area contributed by atoms with Crippen LogP contribution in [0.15, 0.2) is 36.2 Å². The van der Waals surface area contributed by atoms with E-state index in [0.29, 0.717) is 6.04 Å². The van der Waals surface area contributed by atoms with Crippen LogP contribution in [0.3, 0.4) is 0 Å². The third kappa shape index (κ3) is 5.28. The molecule has 0 N–H and O–H groups in total. The largest absolute Gasteiger partial charge is 0.299 e. The van der Waals surface area contributed by atoms with Crippen LogP contribution in [0, 0.1) is 0 Å². The summed E-state index contributed by atoms with van der Waals surface area (Å²) in [5, 5.41) is 0. The monoisotopic (exact) mass is 287 g/mol. The average Bonchev–Trinajstić information content (AvgIpc) is 2.89. The summed E-state index contributed by atoms with van der Waals surface area (Å²) in [6.07, 6.45) is 14.7. The van der Waals surface area contributed by atoms with Crippen molar-refractivity contribution in [1.82, 2.24) is 4.90 Å². The second kappa shape index (κ2) is 8.33. The first-order valence-electron chi connectivity index (χ1n) is 8.49. The van der Waals surface area contributed by atoms with Crippen LogP contribution < -0.4 is 4.57 Å². The quantitative estimate of drug-likeness (QED) is 0.413. The highest BCUT2D eigenvalue weighted by Gasteiger charge is 2.24. The van der Waals surface area contributed by atoms with E-state index in [4.69, 9.17) is 0 Å². The number of likely N-dealkylation sites (tertiary alicyclic amines) is 1. The van der Waals surface area contributed by atoms with E-state index in [9.17, 15) is 0 Å². The molecule has 1 fully saturated rings. The second-order valence-corrected chi connectivity index (χ2v) is 6.64. The fourth-order valence-electron chi connectivity index (χ4n) is 3.22. The van der Waals surface area contributed by atoms with E-state index in [0.717, 1.165) is 6.54 Å². The van der Waals surface area contributed by atoms with Gasteiger partial charge in [-0.15, -0.1) is 0 Å². The van der Waals surface area contributed by atoms with Gasteiger partial charge in [-0.2, -0.15) is 0 Å². The van der Waals surface area contributed by atoms with Gasteiger partial charge in [0.15, 0.2) is 12.4 Å². The van der Waals surface area contributed by atoms with Crippen molar-refractivity contribution in [3.8, 4) is 0 Å². The zero-order valence-corrected chi connectivity index (χ0v) is 14.0. The van der Waals surface area contributed by atoms with Crippen LogP contribution in [0.25, 0.3) is 0 Å². The molecule has 0 aromatic carbocycles. The maximum Gasteiger partial charge on any atom is 0.173 e. The zero-order chi connectivity index (χ0) is 15.1. The molecule has 21 heavy (non-hydrogen) atoms. The highest BCUT2D eigenvalue weighted by molar-refractivity contribution is 5.12. The fraction of sp³-hybridized carbons (Fsp3) is 0.632. The number of hydrogen-bond donors (Lipinski definition) is 0. The minimum atomic E-state index is 0.634. The Labute approximate surface area is 130 Å². The van der Waals surface area contributed by atoms with E-state index in [-0.39, 0.29) is 0 Å². The van der Waals surface area contributed by atoms with Crippen LogP contribution in [0.4, 0.5) is 0 Å². The molecule has 0 radical (unpaired) electrons. The Morgan fingerprint density at radius 3 is 2.90 bits per heavy atom. The van der Waals surface area contributed by atoms with Gasteiger partial charge >= 0.3 is 0 Å². The third-order valence-corrected chi connectivity index (χ3v) is 4.46. The number of unbranched alkanes of at least 4 members (excludes halogenated alkanes) is 3. The molecular weight excluding hydrogens is 256 g/mol. The van der Waals surface area contributed by atoms with E-state index >= 15 is 0 Å². The fourth-order valence-corrected chi connectivity index (χ4v) is 3.22. The van der Waals surface area contributed by atoms with Crippen LogP contribution >= 0.6 is 0 Å². The topological polar surface area (TPSA) is 7.12 Å². The molecule has 1 aliphatic heterocycles. The molecule has 0 aliphatic carbocycles. The van der Waals surface area contributed by atoms with E-state index in [1.807, 2.05) is 0 Å². The average molecular weight is 287 g/mol. The molecule has 1 saturated heterocycles. The maximum absolute atomic E-state index is 2.49. The third-order valence-electron chi connectivity index (χ3n) is 4.46. The number of aromatic nitrogens is 1. The minimum absolute atomic E-state index is 0.634. The second-order valence-electron chi connectivity index (χ2n) is 6.64. The summed E-state index contributed by atoms with van der Waals surface area (Å²) in [5.41, 5.74) is 2.93. The molecule has 1 aromatic heterocycles. The van der Waals surface area contributed by atoms with Crippen molar-refractivity contribution in [3.63, 3.8) is 0 Å². The summed E-state index contributed by atoms with van der Waals surface area (Å²) in [5.74, 6) is 0. The normalized spacial score (nSPS) is 18.9. The molecule has 2 rings (SSSR count). The zero-order valence-electron chi connectivity index (χ0n) is 14.0. The van der Waals surface area contributed by atoms with Crippen LogP contribution in [0.1, 0.15) is 64.0 Å². The lowest BCUT2D eigenvalue weighted by Gasteiger charge is -2.18. The minimum Gasteiger partial charge on any atom is -0.299 e. The molecule has 0 unspecified atom stereocenters. The van der Waals surface area contributed by atoms with Crippen LogP contribution in [0.2, 0.25) is 0 Å². The lowest BCUT2D eigenvalue weighted by Crippen LogP contribution is -2.34. The highest BCUT2D eigenvalue weighted by Crippen LogP contribution is 2.29. The van der Waals surface area contributed by atoms with Gasteiger partial charge < -0.3 is 0 Å². The number of rotatable bonds is 7. The summed E-state index contributed by atoms with van der Waals surface area (Å²) >= 11 is 0. The van der Waals surface area contributed by atoms with Gasteiger partial charge in [0, 0.05) is 24.1 Å². The summed E-state index contributed by atoms with van der Waals surface area (Å²) in [6.45, 7) is 6.76. The lowest BCUT2D eigenvalue weighted by molar-refractivity contribution is -0.697. The smallest absolute Gasteiger partial charge is 0.173 e. The maximum atomic E-state index is 2.49. The molecule has 0 spiro atoms. The van der Waals surface area contributed by atoms with Crippen molar-refractivity contribution in [1.29, 1.82) is 0 Å². The Balaban J connectivity index is 1.77. The van der Waals surface area contributed by atoms with Crippen molar-refractivity contribution in [3.05, 3.63) is 41.7 Å². The first-order valence-corrected chi connectivity index (χ1v) is 8.49. The Bertz CT molecular complexity index is 460. The Kier molecular flexibility index (Phi) is 6.44. The standard InChI is InChI=1S/C19H31N2/c1-17(2)10-6-4-5-7-14-21-15-8-11-18(16-21)19-12-9-13-20(19)3/h8,10-11,15-16,19H,4-7,9,12-14H2,1-3H3/q+1/t19-/m0/s1. The first kappa shape index (κ1) is 16.2. The summed E-state index contributed by atoms with van der Waals surface area (Å²) in [4.78, 5) is 2.49. The van der Waals surface area contributed by atoms with Crippen molar-refractivity contribution < 1.29 is 4.57 Å². The number of pyridine rings is 1. The molecule has 1 aromatic rings. The molecule has 116 valence electrons. The molecule has 2 nitrogen and oxygen atoms in total. The van der Waals surface area contributed by atoms with Gasteiger partial charge in [0.05, 0.1) is 0 Å². The Hall–Kier alpha value is -1.15. The van der Waals surface area contributed by atoms with Gasteiger partial charge in [-0.05, 0) is 65.6 Å². The first-order chi connectivity index (χ1) is 10.2. The summed E-state index contributed by atoms with van der Waals surface area (Å²) in [6, 6.07) is 5.14. The van der Waals surface area contributed by atoms with Crippen LogP contribution in [-0.2, 0) is 6.54 Å². The molecule has 2 heterocycles. The molecule has 1 aliphatic rings. The van der Waals surface area contributed by atoms with Crippen molar-refractivity contribution in [2.24, 2.45) is 0 Å². The number of hydrogen-bond acceptors (Lipinski definition) is 1. The Morgan fingerprint density at radius 1 is 1.33 bits per heavy atom. The molecule has 0 amide bonds. The van der Waals surface area contributed by atoms with Gasteiger partial charge in [0.2, 0.25) is 0 Å². The van der Waals surface area contributed by atoms with Crippen molar-refractivity contribution in [2.75, 3.05) is 13.6 Å². The summed E-state index contributed by atoms with van der Waals surface area (Å²) in [7, 11) is 2.25. The van der Waals surface area contributed by atoms with E-state index in [1.165, 1.54) is 56.2 Å². The van der Waals surface area contributed by atoms with Gasteiger partial charge in [0.1, 0.15) is 6.54 Å². The van der Waals surface area contributed by atoms with Gasteiger partial charge in [-0.3, -0.25) is 4.90 Å². The van der Waals surface area contributed by atoms with E-state index in [1.54, 1.807) is 0 Å². The van der Waals surface area contributed by atoms with Gasteiger partial charge in [-0.1, -0.05) is 11.6 Å². The predicted molar refractivity (Wildman–Crippen MR) is 89.1 cm³/mol.